The first-order chi connectivity index (χ1) is 9.95. The van der Waals surface area contributed by atoms with Crippen LogP contribution in [0.25, 0.3) is 5.57 Å². The number of aliphatic hydroxyl groups is 1. The Morgan fingerprint density at radius 2 is 1.81 bits per heavy atom. The summed E-state index contributed by atoms with van der Waals surface area (Å²) in [6.45, 7) is 3.51. The zero-order chi connectivity index (χ0) is 15.6. The molecule has 0 aromatic heterocycles. The van der Waals surface area contributed by atoms with Crippen molar-refractivity contribution >= 4 is 29.0 Å². The fraction of sp³-hybridized carbons (Fsp3) is 0.267. The van der Waals surface area contributed by atoms with Crippen LogP contribution in [0, 0.1) is 0 Å². The minimum atomic E-state index is -0.664. The molecule has 1 heterocycles. The molecule has 0 saturated carbocycles. The van der Waals surface area contributed by atoms with Crippen molar-refractivity contribution in [3.05, 3.63) is 35.6 Å². The van der Waals surface area contributed by atoms with Crippen LogP contribution in [-0.2, 0) is 14.4 Å². The van der Waals surface area contributed by atoms with Gasteiger partial charge in [-0.15, -0.1) is 0 Å². The van der Waals surface area contributed by atoms with Gasteiger partial charge in [-0.25, -0.2) is 0 Å². The van der Waals surface area contributed by atoms with Gasteiger partial charge in [-0.3, -0.25) is 19.3 Å². The van der Waals surface area contributed by atoms with Gasteiger partial charge >= 0.3 is 0 Å². The molecule has 6 nitrogen and oxygen atoms in total. The van der Waals surface area contributed by atoms with Gasteiger partial charge in [-0.1, -0.05) is 19.1 Å². The number of carbonyl (C=O) groups is 3. The topological polar surface area (TPSA) is 86.7 Å². The SMILES string of the molecule is CCCN1C(=O)C(O)=C(c2ccc(NC(C)=O)cc2)C1=O. The van der Waals surface area contributed by atoms with Crippen molar-refractivity contribution in [1.29, 1.82) is 0 Å². The summed E-state index contributed by atoms with van der Waals surface area (Å²) >= 11 is 0. The lowest BCUT2D eigenvalue weighted by Crippen LogP contribution is -2.32. The molecule has 0 saturated heterocycles. The normalized spacial score (nSPS) is 14.9. The predicted octanol–water partition coefficient (Wildman–Crippen LogP) is 1.69. The third kappa shape index (κ3) is 2.79. The van der Waals surface area contributed by atoms with Crippen LogP contribution in [-0.4, -0.2) is 34.3 Å². The van der Waals surface area contributed by atoms with Crippen LogP contribution in [0.1, 0.15) is 25.8 Å². The third-order valence-electron chi connectivity index (χ3n) is 3.08. The largest absolute Gasteiger partial charge is 0.502 e. The molecule has 0 atom stereocenters. The van der Waals surface area contributed by atoms with Gasteiger partial charge in [0.2, 0.25) is 5.91 Å². The molecule has 21 heavy (non-hydrogen) atoms. The molecule has 2 rings (SSSR count). The first kappa shape index (κ1) is 14.8. The van der Waals surface area contributed by atoms with E-state index in [1.807, 2.05) is 6.92 Å². The Labute approximate surface area is 122 Å². The number of nitrogens with one attached hydrogen (secondary N) is 1. The van der Waals surface area contributed by atoms with Crippen molar-refractivity contribution < 1.29 is 19.5 Å². The molecule has 2 N–H and O–H groups in total. The van der Waals surface area contributed by atoms with E-state index in [-0.39, 0.29) is 18.0 Å². The molecule has 0 bridgehead atoms. The molecule has 1 aliphatic rings. The molecule has 0 radical (unpaired) electrons. The Morgan fingerprint density at radius 3 is 2.33 bits per heavy atom. The third-order valence-corrected chi connectivity index (χ3v) is 3.08. The first-order valence-corrected chi connectivity index (χ1v) is 6.63. The van der Waals surface area contributed by atoms with Crippen LogP contribution < -0.4 is 5.32 Å². The maximum atomic E-state index is 12.2. The fourth-order valence-electron chi connectivity index (χ4n) is 2.17. The molecule has 6 heteroatoms. The van der Waals surface area contributed by atoms with Gasteiger partial charge in [0.15, 0.2) is 5.76 Å². The zero-order valence-corrected chi connectivity index (χ0v) is 11.8. The fourth-order valence-corrected chi connectivity index (χ4v) is 2.17. The lowest BCUT2D eigenvalue weighted by Gasteiger charge is -2.12. The van der Waals surface area contributed by atoms with E-state index in [1.165, 1.54) is 6.92 Å². The molecule has 0 fully saturated rings. The summed E-state index contributed by atoms with van der Waals surface area (Å²) < 4.78 is 0. The van der Waals surface area contributed by atoms with Crippen molar-refractivity contribution in [2.24, 2.45) is 0 Å². The molecule has 0 unspecified atom stereocenters. The van der Waals surface area contributed by atoms with Crippen LogP contribution in [0.3, 0.4) is 0 Å². The number of nitrogens with zero attached hydrogens (tertiary/aromatic N) is 1. The molecule has 1 aromatic rings. The average Bonchev–Trinajstić information content (AvgIpc) is 2.64. The van der Waals surface area contributed by atoms with E-state index < -0.39 is 17.6 Å². The number of benzene rings is 1. The van der Waals surface area contributed by atoms with Gasteiger partial charge < -0.3 is 10.4 Å². The van der Waals surface area contributed by atoms with Gasteiger partial charge in [0.05, 0.1) is 5.57 Å². The number of hydrogen-bond acceptors (Lipinski definition) is 4. The molecular formula is C15H16N2O4. The highest BCUT2D eigenvalue weighted by atomic mass is 16.3. The van der Waals surface area contributed by atoms with Crippen LogP contribution in [0.4, 0.5) is 5.69 Å². The monoisotopic (exact) mass is 288 g/mol. The Kier molecular flexibility index (Phi) is 4.07. The Hall–Kier alpha value is -2.63. The number of rotatable bonds is 4. The highest BCUT2D eigenvalue weighted by Crippen LogP contribution is 2.28. The van der Waals surface area contributed by atoms with Gasteiger partial charge in [-0.2, -0.15) is 0 Å². The molecule has 3 amide bonds. The predicted molar refractivity (Wildman–Crippen MR) is 77.3 cm³/mol. The molecule has 0 spiro atoms. The molecule has 110 valence electrons. The van der Waals surface area contributed by atoms with Crippen molar-refractivity contribution in [2.75, 3.05) is 11.9 Å². The van der Waals surface area contributed by atoms with Crippen LogP contribution in [0.15, 0.2) is 30.0 Å². The lowest BCUT2D eigenvalue weighted by atomic mass is 10.1. The number of anilines is 1. The molecule has 0 aliphatic carbocycles. The van der Waals surface area contributed by atoms with E-state index in [2.05, 4.69) is 5.32 Å². The molecular weight excluding hydrogens is 272 g/mol. The van der Waals surface area contributed by atoms with Gasteiger partial charge in [0.25, 0.3) is 11.8 Å². The lowest BCUT2D eigenvalue weighted by molar-refractivity contribution is -0.138. The van der Waals surface area contributed by atoms with Crippen LogP contribution in [0.2, 0.25) is 0 Å². The Bertz CT molecular complexity index is 632. The second-order valence-corrected chi connectivity index (χ2v) is 4.74. The number of imide groups is 1. The number of carbonyl (C=O) groups excluding carboxylic acids is 3. The van der Waals surface area contributed by atoms with E-state index in [0.717, 1.165) is 4.90 Å². The molecule has 1 aromatic carbocycles. The zero-order valence-electron chi connectivity index (χ0n) is 11.8. The summed E-state index contributed by atoms with van der Waals surface area (Å²) in [5.74, 6) is -1.89. The van der Waals surface area contributed by atoms with E-state index in [0.29, 0.717) is 17.7 Å². The van der Waals surface area contributed by atoms with Crippen LogP contribution in [0.5, 0.6) is 0 Å². The maximum absolute atomic E-state index is 12.2. The van der Waals surface area contributed by atoms with E-state index in [4.69, 9.17) is 0 Å². The van der Waals surface area contributed by atoms with Gasteiger partial charge in [0.1, 0.15) is 0 Å². The van der Waals surface area contributed by atoms with E-state index in [9.17, 15) is 19.5 Å². The van der Waals surface area contributed by atoms with Crippen molar-refractivity contribution in [1.82, 2.24) is 4.90 Å². The molecule has 1 aliphatic heterocycles. The standard InChI is InChI=1S/C15H16N2O4/c1-3-8-17-14(20)12(13(19)15(17)21)10-4-6-11(7-5-10)16-9(2)18/h4-7,19H,3,8H2,1-2H3,(H,16,18). The van der Waals surface area contributed by atoms with Gasteiger partial charge in [0, 0.05) is 19.2 Å². The summed E-state index contributed by atoms with van der Waals surface area (Å²) in [7, 11) is 0. The van der Waals surface area contributed by atoms with Crippen LogP contribution >= 0.6 is 0 Å². The summed E-state index contributed by atoms with van der Waals surface area (Å²) in [6.07, 6.45) is 0.625. The van der Waals surface area contributed by atoms with Crippen molar-refractivity contribution in [3.63, 3.8) is 0 Å². The average molecular weight is 288 g/mol. The van der Waals surface area contributed by atoms with Gasteiger partial charge in [-0.05, 0) is 24.1 Å². The maximum Gasteiger partial charge on any atom is 0.296 e. The number of aliphatic hydroxyl groups excluding tert-OH is 1. The van der Waals surface area contributed by atoms with Crippen molar-refractivity contribution in [2.45, 2.75) is 20.3 Å². The van der Waals surface area contributed by atoms with Crippen molar-refractivity contribution in [3.8, 4) is 0 Å². The quantitative estimate of drug-likeness (QED) is 0.825. The minimum absolute atomic E-state index is 0.00262. The van der Waals surface area contributed by atoms with E-state index in [1.54, 1.807) is 24.3 Å². The van der Waals surface area contributed by atoms with E-state index >= 15 is 0 Å². The summed E-state index contributed by atoms with van der Waals surface area (Å²) in [6, 6.07) is 6.38. The number of hydrogen-bond donors (Lipinski definition) is 2. The summed E-state index contributed by atoms with van der Waals surface area (Å²) in [4.78, 5) is 36.0. The number of amides is 3. The first-order valence-electron chi connectivity index (χ1n) is 6.63. The summed E-state index contributed by atoms with van der Waals surface area (Å²) in [5, 5.41) is 12.5. The summed E-state index contributed by atoms with van der Waals surface area (Å²) in [5.41, 5.74) is 1.02. The Balaban J connectivity index is 2.31. The second kappa shape index (κ2) is 5.78. The smallest absolute Gasteiger partial charge is 0.296 e. The second-order valence-electron chi connectivity index (χ2n) is 4.74. The highest BCUT2D eigenvalue weighted by molar-refractivity contribution is 6.34. The highest BCUT2D eigenvalue weighted by Gasteiger charge is 2.38. The Morgan fingerprint density at radius 1 is 1.19 bits per heavy atom. The minimum Gasteiger partial charge on any atom is -0.502 e.